The number of ketones is 1. The normalized spacial score (nSPS) is 31.7. The van der Waals surface area contributed by atoms with Crippen LogP contribution in [-0.2, 0) is 9.53 Å². The first-order chi connectivity index (χ1) is 8.72. The number of ether oxygens (including phenoxy) is 1. The molecule has 1 aliphatic carbocycles. The van der Waals surface area contributed by atoms with Crippen LogP contribution in [0.5, 0.6) is 0 Å². The van der Waals surface area contributed by atoms with Gasteiger partial charge in [-0.25, -0.2) is 0 Å². The summed E-state index contributed by atoms with van der Waals surface area (Å²) in [6.45, 7) is 0. The molecule has 0 bridgehead atoms. The molecule has 94 valence electrons. The highest BCUT2D eigenvalue weighted by Gasteiger charge is 2.54. The van der Waals surface area contributed by atoms with Gasteiger partial charge in [-0.05, 0) is 37.0 Å². The lowest BCUT2D eigenvalue weighted by atomic mass is 9.79. The topological polar surface area (TPSA) is 26.3 Å². The Bertz CT molecular complexity index is 486. The molecule has 0 N–H and O–H groups in total. The van der Waals surface area contributed by atoms with Crippen molar-refractivity contribution in [2.24, 2.45) is 0 Å². The lowest BCUT2D eigenvalue weighted by Crippen LogP contribution is -2.44. The zero-order valence-corrected chi connectivity index (χ0v) is 11.6. The molecule has 1 heterocycles. The lowest BCUT2D eigenvalue weighted by Gasteiger charge is -2.34. The largest absolute Gasteiger partial charge is 0.462 e. The van der Waals surface area contributed by atoms with E-state index in [4.69, 9.17) is 17.0 Å². The summed E-state index contributed by atoms with van der Waals surface area (Å²) in [6.07, 6.45) is 3.42. The first-order valence-corrected chi connectivity index (χ1v) is 7.49. The summed E-state index contributed by atoms with van der Waals surface area (Å²) in [5, 5.41) is 0.0269. The van der Waals surface area contributed by atoms with Gasteiger partial charge in [0, 0.05) is 6.42 Å². The third kappa shape index (κ3) is 1.88. The van der Waals surface area contributed by atoms with E-state index >= 15 is 0 Å². The molecule has 2 atom stereocenters. The van der Waals surface area contributed by atoms with Crippen LogP contribution in [0.3, 0.4) is 0 Å². The molecule has 2 unspecified atom stereocenters. The molecule has 1 saturated carbocycles. The Labute approximate surface area is 116 Å². The third-order valence-corrected chi connectivity index (χ3v) is 5.22. The molecule has 1 aromatic rings. The molecule has 1 aromatic carbocycles. The van der Waals surface area contributed by atoms with Gasteiger partial charge in [-0.3, -0.25) is 4.79 Å². The van der Waals surface area contributed by atoms with E-state index in [1.165, 1.54) is 11.8 Å². The van der Waals surface area contributed by atoms with Gasteiger partial charge >= 0.3 is 0 Å². The summed E-state index contributed by atoms with van der Waals surface area (Å²) < 4.78 is 6.33. The highest BCUT2D eigenvalue weighted by atomic mass is 32.2. The van der Waals surface area contributed by atoms with E-state index in [1.807, 2.05) is 18.2 Å². The maximum absolute atomic E-state index is 12.3. The van der Waals surface area contributed by atoms with Crippen LogP contribution in [0.15, 0.2) is 30.3 Å². The molecule has 18 heavy (non-hydrogen) atoms. The number of rotatable bonds is 1. The molecule has 2 aliphatic rings. The second-order valence-corrected chi connectivity index (χ2v) is 6.49. The highest BCUT2D eigenvalue weighted by Crippen LogP contribution is 2.53. The van der Waals surface area contributed by atoms with E-state index in [-0.39, 0.29) is 11.0 Å². The third-order valence-electron chi connectivity index (χ3n) is 3.68. The highest BCUT2D eigenvalue weighted by molar-refractivity contribution is 8.23. The number of Topliss-reactive ketones (excluding diaryl/α,β-unsaturated/α-hetero) is 1. The van der Waals surface area contributed by atoms with E-state index in [9.17, 15) is 4.79 Å². The molecular formula is C14H14O2S2. The number of carbonyl (C=O) groups excluding carboxylic acids is 1. The zero-order valence-electron chi connectivity index (χ0n) is 9.93. The number of hydrogen-bond acceptors (Lipinski definition) is 4. The van der Waals surface area contributed by atoms with Gasteiger partial charge < -0.3 is 4.74 Å². The first-order valence-electron chi connectivity index (χ1n) is 6.20. The molecule has 1 spiro atoms. The Morgan fingerprint density at radius 1 is 1.28 bits per heavy atom. The van der Waals surface area contributed by atoms with E-state index in [1.54, 1.807) is 0 Å². The van der Waals surface area contributed by atoms with Crippen molar-refractivity contribution < 1.29 is 9.53 Å². The first kappa shape index (κ1) is 12.2. The van der Waals surface area contributed by atoms with Gasteiger partial charge in [0.05, 0.1) is 5.25 Å². The molecule has 1 saturated heterocycles. The molecule has 2 nitrogen and oxygen atoms in total. The SMILES string of the molecule is O=C1CCCCC12OC(=S)SC2c1ccccc1. The molecule has 1 aliphatic heterocycles. The van der Waals surface area contributed by atoms with Crippen LogP contribution in [-0.4, -0.2) is 15.8 Å². The monoisotopic (exact) mass is 278 g/mol. The standard InChI is InChI=1S/C14H14O2S2/c15-11-8-4-5-9-14(11)12(18-13(17)16-14)10-6-2-1-3-7-10/h1-3,6-7,12H,4-5,8-9H2. The van der Waals surface area contributed by atoms with Crippen LogP contribution in [0.4, 0.5) is 0 Å². The summed E-state index contributed by atoms with van der Waals surface area (Å²) in [6, 6.07) is 10.1. The number of hydrogen-bond donors (Lipinski definition) is 0. The zero-order chi connectivity index (χ0) is 12.6. The van der Waals surface area contributed by atoms with Crippen LogP contribution < -0.4 is 0 Å². The predicted octanol–water partition coefficient (Wildman–Crippen LogP) is 3.66. The molecule has 4 heteroatoms. The molecule has 0 amide bonds. The van der Waals surface area contributed by atoms with Crippen molar-refractivity contribution in [2.45, 2.75) is 36.5 Å². The summed E-state index contributed by atoms with van der Waals surface area (Å²) >= 11 is 6.71. The van der Waals surface area contributed by atoms with Gasteiger partial charge in [-0.2, -0.15) is 0 Å². The Kier molecular flexibility index (Phi) is 3.16. The Morgan fingerprint density at radius 2 is 2.06 bits per heavy atom. The van der Waals surface area contributed by atoms with Gasteiger partial charge in [0.1, 0.15) is 0 Å². The van der Waals surface area contributed by atoms with Crippen molar-refractivity contribution in [3.05, 3.63) is 35.9 Å². The molecule has 0 aromatic heterocycles. The number of thiocarbonyl (C=S) groups is 1. The minimum Gasteiger partial charge on any atom is -0.462 e. The number of carbonyl (C=O) groups is 1. The van der Waals surface area contributed by atoms with Crippen molar-refractivity contribution in [3.8, 4) is 0 Å². The number of thioether (sulfide) groups is 1. The van der Waals surface area contributed by atoms with Crippen LogP contribution in [0.2, 0.25) is 0 Å². The molecule has 0 radical (unpaired) electrons. The fraction of sp³-hybridized carbons (Fsp3) is 0.429. The summed E-state index contributed by atoms with van der Waals surface area (Å²) in [7, 11) is 0. The summed E-state index contributed by atoms with van der Waals surface area (Å²) in [4.78, 5) is 12.3. The van der Waals surface area contributed by atoms with Gasteiger partial charge in [-0.1, -0.05) is 42.1 Å². The van der Waals surface area contributed by atoms with Crippen molar-refractivity contribution in [2.75, 3.05) is 0 Å². The quantitative estimate of drug-likeness (QED) is 0.732. The fourth-order valence-electron chi connectivity index (χ4n) is 2.79. The van der Waals surface area contributed by atoms with Crippen LogP contribution >= 0.6 is 24.0 Å². The van der Waals surface area contributed by atoms with Crippen LogP contribution in [0.1, 0.15) is 36.5 Å². The average molecular weight is 278 g/mol. The molecule has 2 fully saturated rings. The van der Waals surface area contributed by atoms with Crippen molar-refractivity contribution >= 4 is 34.1 Å². The van der Waals surface area contributed by atoms with Crippen LogP contribution in [0.25, 0.3) is 0 Å². The smallest absolute Gasteiger partial charge is 0.221 e. The summed E-state index contributed by atoms with van der Waals surface area (Å²) in [5.74, 6) is 0.218. The predicted molar refractivity (Wildman–Crippen MR) is 76.7 cm³/mol. The average Bonchev–Trinajstić information content (AvgIpc) is 2.72. The maximum Gasteiger partial charge on any atom is 0.221 e. The lowest BCUT2D eigenvalue weighted by molar-refractivity contribution is -0.138. The van der Waals surface area contributed by atoms with Crippen LogP contribution in [0, 0.1) is 0 Å². The van der Waals surface area contributed by atoms with Crippen molar-refractivity contribution in [3.63, 3.8) is 0 Å². The second-order valence-electron chi connectivity index (χ2n) is 4.78. The number of benzene rings is 1. The molecule has 3 rings (SSSR count). The maximum atomic E-state index is 12.3. The minimum atomic E-state index is -0.693. The second kappa shape index (κ2) is 4.67. The Hall–Kier alpha value is -0.870. The van der Waals surface area contributed by atoms with E-state index in [2.05, 4.69) is 12.1 Å². The van der Waals surface area contributed by atoms with Gasteiger partial charge in [0.15, 0.2) is 11.4 Å². The van der Waals surface area contributed by atoms with E-state index in [0.717, 1.165) is 24.8 Å². The van der Waals surface area contributed by atoms with Crippen molar-refractivity contribution in [1.29, 1.82) is 0 Å². The van der Waals surface area contributed by atoms with Gasteiger partial charge in [-0.15, -0.1) is 0 Å². The Morgan fingerprint density at radius 3 is 2.78 bits per heavy atom. The van der Waals surface area contributed by atoms with Gasteiger partial charge in [0.25, 0.3) is 0 Å². The van der Waals surface area contributed by atoms with E-state index < -0.39 is 5.60 Å². The Balaban J connectivity index is 2.01. The van der Waals surface area contributed by atoms with Gasteiger partial charge in [0.2, 0.25) is 4.38 Å². The summed E-state index contributed by atoms with van der Waals surface area (Å²) in [5.41, 5.74) is 0.444. The molecular weight excluding hydrogens is 264 g/mol. The van der Waals surface area contributed by atoms with E-state index in [0.29, 0.717) is 10.8 Å². The fourth-order valence-corrected chi connectivity index (χ4v) is 4.40. The minimum absolute atomic E-state index is 0.0269. The van der Waals surface area contributed by atoms with Crippen molar-refractivity contribution in [1.82, 2.24) is 0 Å².